The molecule has 2 aromatic rings. The van der Waals surface area contributed by atoms with Crippen molar-refractivity contribution in [1.82, 2.24) is 14.7 Å². The molecule has 3 atom stereocenters. The van der Waals surface area contributed by atoms with Crippen molar-refractivity contribution in [3.63, 3.8) is 0 Å². The fourth-order valence-electron chi connectivity index (χ4n) is 5.35. The standard InChI is InChI=1S/C31H42Cl2N4O5/c1-21-17-37(22(2)20-38)31(40)16-24-15-25(34-30(39)8-9-36-10-12-41-13-11-36)5-7-28(24)42-29(21)19-35(3)18-23-4-6-26(32)27(33)14-23/h4-7,14-15,21-22,29,38H,8-13,16-20H2,1-3H3,(H,34,39)/t21-,22+,29-/m0/s1. The van der Waals surface area contributed by atoms with E-state index in [0.717, 1.165) is 18.7 Å². The molecule has 0 unspecified atom stereocenters. The summed E-state index contributed by atoms with van der Waals surface area (Å²) in [5, 5.41) is 13.9. The summed E-state index contributed by atoms with van der Waals surface area (Å²) in [6, 6.07) is 10.8. The lowest BCUT2D eigenvalue weighted by Crippen LogP contribution is -2.47. The van der Waals surface area contributed by atoms with E-state index in [2.05, 4.69) is 22.0 Å². The molecule has 2 aromatic carbocycles. The van der Waals surface area contributed by atoms with Crippen LogP contribution in [0.15, 0.2) is 36.4 Å². The van der Waals surface area contributed by atoms with Gasteiger partial charge in [0.2, 0.25) is 11.8 Å². The Morgan fingerprint density at radius 1 is 1.17 bits per heavy atom. The van der Waals surface area contributed by atoms with E-state index in [0.29, 0.717) is 72.9 Å². The van der Waals surface area contributed by atoms with E-state index in [1.807, 2.05) is 44.3 Å². The molecule has 1 saturated heterocycles. The largest absolute Gasteiger partial charge is 0.488 e. The Labute approximate surface area is 258 Å². The Morgan fingerprint density at radius 3 is 2.64 bits per heavy atom. The van der Waals surface area contributed by atoms with Gasteiger partial charge in [-0.15, -0.1) is 0 Å². The van der Waals surface area contributed by atoms with E-state index < -0.39 is 0 Å². The highest BCUT2D eigenvalue weighted by atomic mass is 35.5. The van der Waals surface area contributed by atoms with Crippen molar-refractivity contribution in [3.8, 4) is 5.75 Å². The highest BCUT2D eigenvalue weighted by Crippen LogP contribution is 2.30. The zero-order chi connectivity index (χ0) is 30.2. The lowest BCUT2D eigenvalue weighted by Gasteiger charge is -2.34. The normalized spacial score (nSPS) is 20.7. The minimum atomic E-state index is -0.334. The molecule has 2 amide bonds. The molecule has 11 heteroatoms. The monoisotopic (exact) mass is 620 g/mol. The van der Waals surface area contributed by atoms with Gasteiger partial charge in [-0.3, -0.25) is 19.4 Å². The fraction of sp³-hybridized carbons (Fsp3) is 0.548. The maximum absolute atomic E-state index is 13.5. The molecule has 2 N–H and O–H groups in total. The first-order valence-corrected chi connectivity index (χ1v) is 15.3. The third kappa shape index (κ3) is 9.05. The van der Waals surface area contributed by atoms with Gasteiger partial charge in [0.15, 0.2) is 0 Å². The number of morpholine rings is 1. The number of nitrogens with zero attached hydrogens (tertiary/aromatic N) is 3. The number of nitrogens with one attached hydrogen (secondary N) is 1. The summed E-state index contributed by atoms with van der Waals surface area (Å²) in [4.78, 5) is 32.3. The summed E-state index contributed by atoms with van der Waals surface area (Å²) in [7, 11) is 2.01. The Balaban J connectivity index is 1.50. The van der Waals surface area contributed by atoms with Gasteiger partial charge in [0.1, 0.15) is 11.9 Å². The summed E-state index contributed by atoms with van der Waals surface area (Å²) in [5.74, 6) is 0.425. The summed E-state index contributed by atoms with van der Waals surface area (Å²) in [6.45, 7) is 9.18. The molecule has 0 spiro atoms. The van der Waals surface area contributed by atoms with Crippen molar-refractivity contribution in [1.29, 1.82) is 0 Å². The minimum Gasteiger partial charge on any atom is -0.488 e. The van der Waals surface area contributed by atoms with Gasteiger partial charge in [0, 0.05) is 62.9 Å². The second-order valence-corrected chi connectivity index (χ2v) is 12.2. The molecule has 0 saturated carbocycles. The van der Waals surface area contributed by atoms with Crippen LogP contribution in [0.4, 0.5) is 5.69 Å². The number of hydrogen-bond acceptors (Lipinski definition) is 7. The third-order valence-electron chi connectivity index (χ3n) is 7.89. The number of aliphatic hydroxyl groups excluding tert-OH is 1. The molecular formula is C31H42Cl2N4O5. The molecule has 230 valence electrons. The van der Waals surface area contributed by atoms with Crippen LogP contribution in [-0.4, -0.2) is 103 Å². The predicted molar refractivity (Wildman–Crippen MR) is 165 cm³/mol. The van der Waals surface area contributed by atoms with E-state index >= 15 is 0 Å². The number of amides is 2. The van der Waals surface area contributed by atoms with Crippen LogP contribution in [0.1, 0.15) is 31.4 Å². The van der Waals surface area contributed by atoms with Gasteiger partial charge < -0.3 is 24.8 Å². The number of carbonyl (C=O) groups excluding carboxylic acids is 2. The molecule has 4 rings (SSSR count). The quantitative estimate of drug-likeness (QED) is 0.415. The van der Waals surface area contributed by atoms with Crippen LogP contribution in [0.25, 0.3) is 0 Å². The van der Waals surface area contributed by atoms with E-state index in [1.54, 1.807) is 11.0 Å². The predicted octanol–water partition coefficient (Wildman–Crippen LogP) is 3.94. The second kappa shape index (κ2) is 15.4. The molecular weight excluding hydrogens is 579 g/mol. The first-order valence-electron chi connectivity index (χ1n) is 14.5. The lowest BCUT2D eigenvalue weighted by atomic mass is 10.0. The SMILES string of the molecule is C[C@H](CO)N1C[C@H](C)[C@H](CN(C)Cc2ccc(Cl)c(Cl)c2)Oc2ccc(NC(=O)CCN3CCOCC3)cc2CC1=O. The molecule has 2 aliphatic heterocycles. The van der Waals surface area contributed by atoms with Crippen LogP contribution in [0.2, 0.25) is 10.0 Å². The number of carbonyl (C=O) groups is 2. The number of anilines is 1. The van der Waals surface area contributed by atoms with Gasteiger partial charge in [-0.25, -0.2) is 0 Å². The maximum Gasteiger partial charge on any atom is 0.227 e. The number of benzene rings is 2. The number of aliphatic hydroxyl groups is 1. The molecule has 42 heavy (non-hydrogen) atoms. The van der Waals surface area contributed by atoms with Gasteiger partial charge in [0.05, 0.1) is 42.3 Å². The first-order chi connectivity index (χ1) is 20.1. The Hall–Kier alpha value is -2.40. The van der Waals surface area contributed by atoms with Crippen LogP contribution >= 0.6 is 23.2 Å². The van der Waals surface area contributed by atoms with Gasteiger partial charge in [-0.05, 0) is 49.9 Å². The van der Waals surface area contributed by atoms with E-state index in [9.17, 15) is 14.7 Å². The number of fused-ring (bicyclic) bond motifs is 1. The molecule has 2 aliphatic rings. The number of halogens is 2. The highest BCUT2D eigenvalue weighted by Gasteiger charge is 2.31. The van der Waals surface area contributed by atoms with E-state index in [4.69, 9.17) is 32.7 Å². The zero-order valence-corrected chi connectivity index (χ0v) is 26.2. The van der Waals surface area contributed by atoms with Crippen molar-refractivity contribution < 1.29 is 24.2 Å². The topological polar surface area (TPSA) is 94.6 Å². The summed E-state index contributed by atoms with van der Waals surface area (Å²) in [5.41, 5.74) is 2.36. The van der Waals surface area contributed by atoms with Crippen LogP contribution in [0.3, 0.4) is 0 Å². The van der Waals surface area contributed by atoms with Crippen LogP contribution in [-0.2, 0) is 27.3 Å². The third-order valence-corrected chi connectivity index (χ3v) is 8.63. The average molecular weight is 622 g/mol. The van der Waals surface area contributed by atoms with Crippen molar-refractivity contribution in [2.45, 2.75) is 45.4 Å². The zero-order valence-electron chi connectivity index (χ0n) is 24.7. The van der Waals surface area contributed by atoms with Crippen molar-refractivity contribution in [3.05, 3.63) is 57.6 Å². The van der Waals surface area contributed by atoms with E-state index in [1.165, 1.54) is 0 Å². The summed E-state index contributed by atoms with van der Waals surface area (Å²) >= 11 is 12.3. The van der Waals surface area contributed by atoms with Crippen LogP contribution in [0.5, 0.6) is 5.75 Å². The number of likely N-dealkylation sites (N-methyl/N-ethyl adjacent to an activating group) is 1. The van der Waals surface area contributed by atoms with Gasteiger partial charge in [0.25, 0.3) is 0 Å². The van der Waals surface area contributed by atoms with Gasteiger partial charge >= 0.3 is 0 Å². The highest BCUT2D eigenvalue weighted by molar-refractivity contribution is 6.42. The first kappa shape index (κ1) is 32.5. The molecule has 0 aromatic heterocycles. The van der Waals surface area contributed by atoms with Crippen LogP contribution < -0.4 is 10.1 Å². The second-order valence-electron chi connectivity index (χ2n) is 11.4. The van der Waals surface area contributed by atoms with Crippen LogP contribution in [0, 0.1) is 5.92 Å². The minimum absolute atomic E-state index is 0.0234. The number of hydrogen-bond donors (Lipinski definition) is 2. The van der Waals surface area contributed by atoms with Crippen molar-refractivity contribution >= 4 is 40.7 Å². The maximum atomic E-state index is 13.5. The van der Waals surface area contributed by atoms with Gasteiger partial charge in [-0.1, -0.05) is 36.2 Å². The number of ether oxygens (including phenoxy) is 2. The Bertz CT molecular complexity index is 1230. The Kier molecular flexibility index (Phi) is 11.9. The summed E-state index contributed by atoms with van der Waals surface area (Å²) in [6.07, 6.45) is 0.235. The van der Waals surface area contributed by atoms with E-state index in [-0.39, 0.29) is 42.9 Å². The molecule has 1 fully saturated rings. The average Bonchev–Trinajstić information content (AvgIpc) is 3.01. The molecule has 9 nitrogen and oxygen atoms in total. The summed E-state index contributed by atoms with van der Waals surface area (Å²) < 4.78 is 12.0. The molecule has 0 aliphatic carbocycles. The molecule has 0 bridgehead atoms. The number of rotatable bonds is 10. The van der Waals surface area contributed by atoms with Crippen molar-refractivity contribution in [2.24, 2.45) is 5.92 Å². The Morgan fingerprint density at radius 2 is 1.93 bits per heavy atom. The smallest absolute Gasteiger partial charge is 0.227 e. The lowest BCUT2D eigenvalue weighted by molar-refractivity contribution is -0.134. The molecule has 0 radical (unpaired) electrons. The fourth-order valence-corrected chi connectivity index (χ4v) is 5.68. The molecule has 2 heterocycles. The van der Waals surface area contributed by atoms with Gasteiger partial charge in [-0.2, -0.15) is 0 Å². The van der Waals surface area contributed by atoms with Crippen molar-refractivity contribution in [2.75, 3.05) is 64.9 Å².